The number of halogens is 4. The Balaban J connectivity index is 1.20. The highest BCUT2D eigenvalue weighted by Gasteiger charge is 2.39. The van der Waals surface area contributed by atoms with Crippen molar-refractivity contribution in [2.24, 2.45) is 0 Å². The minimum atomic E-state index is -4.78. The highest BCUT2D eigenvalue weighted by Crippen LogP contribution is 2.37. The molecule has 0 amide bonds. The first-order chi connectivity index (χ1) is 17.6. The van der Waals surface area contributed by atoms with Crippen molar-refractivity contribution in [1.29, 1.82) is 0 Å². The van der Waals surface area contributed by atoms with Gasteiger partial charge in [0.25, 0.3) is 5.69 Å². The van der Waals surface area contributed by atoms with Crippen molar-refractivity contribution in [2.45, 2.75) is 44.0 Å². The molecule has 0 unspecified atom stereocenters. The number of quaternary nitrogens is 1. The molecule has 1 saturated carbocycles. The molecule has 0 atom stereocenters. The van der Waals surface area contributed by atoms with Gasteiger partial charge < -0.3 is 19.9 Å². The standard InChI is InChI=1S/C24H27ClF3N5O3S/c25-16-1-8-22(29-14-16)31-9-11-32(12-10-31)23(37)15-36-19-5-2-17(3-6-19)30-18-4-7-21(33(34)35)20(13-18)24(26,27)28/h1,4,7-8,13-14,17,19,30H,2-3,5-6,9-12,15H2/p+1. The first kappa shape index (κ1) is 27.5. The summed E-state index contributed by atoms with van der Waals surface area (Å²) < 4.78 is 45.8. The Hall–Kier alpha value is -2.54. The smallest absolute Gasteiger partial charge is 0.371 e. The van der Waals surface area contributed by atoms with Gasteiger partial charge in [-0.1, -0.05) is 23.8 Å². The largest absolute Gasteiger partial charge is 0.423 e. The van der Waals surface area contributed by atoms with E-state index in [0.717, 1.165) is 74.8 Å². The van der Waals surface area contributed by atoms with Crippen molar-refractivity contribution in [3.63, 3.8) is 0 Å². The lowest BCUT2D eigenvalue weighted by molar-refractivity contribution is -0.615. The fraction of sp³-hybridized carbons (Fsp3) is 0.500. The summed E-state index contributed by atoms with van der Waals surface area (Å²) in [5.74, 6) is 0.892. The highest BCUT2D eigenvalue weighted by molar-refractivity contribution is 7.80. The molecule has 2 aromatic rings. The number of nitro benzene ring substituents is 1. The molecule has 1 aliphatic carbocycles. The predicted octanol–water partition coefficient (Wildman–Crippen LogP) is 4.33. The summed E-state index contributed by atoms with van der Waals surface area (Å²) in [5, 5.41) is 13.3. The molecule has 200 valence electrons. The summed E-state index contributed by atoms with van der Waals surface area (Å²) in [6.07, 6.45) is -0.0111. The zero-order valence-corrected chi connectivity index (χ0v) is 21.6. The molecule has 0 bridgehead atoms. The van der Waals surface area contributed by atoms with Crippen LogP contribution in [0.2, 0.25) is 5.02 Å². The van der Waals surface area contributed by atoms with E-state index >= 15 is 0 Å². The minimum Gasteiger partial charge on any atom is -0.371 e. The van der Waals surface area contributed by atoms with Gasteiger partial charge in [0.1, 0.15) is 22.1 Å². The summed E-state index contributed by atoms with van der Waals surface area (Å²) in [5.41, 5.74) is -1.81. The van der Waals surface area contributed by atoms with Crippen molar-refractivity contribution in [3.8, 4) is 0 Å². The first-order valence-corrected chi connectivity index (χ1v) is 12.8. The van der Waals surface area contributed by atoms with Gasteiger partial charge in [0.2, 0.25) is 0 Å². The number of pyridine rings is 1. The maximum absolute atomic E-state index is 13.3. The van der Waals surface area contributed by atoms with Gasteiger partial charge in [-0.15, -0.1) is 0 Å². The zero-order chi connectivity index (χ0) is 26.6. The molecule has 1 saturated heterocycles. The molecule has 0 radical (unpaired) electrons. The van der Waals surface area contributed by atoms with Crippen molar-refractivity contribution in [1.82, 2.24) is 9.88 Å². The maximum atomic E-state index is 13.3. The molecular weight excluding hydrogens is 531 g/mol. The number of anilines is 1. The number of nitrogens with two attached hydrogens (primary N) is 1. The van der Waals surface area contributed by atoms with Crippen LogP contribution in [-0.4, -0.2) is 64.7 Å². The molecule has 37 heavy (non-hydrogen) atoms. The SMILES string of the molecule is O=[N+]([O-])c1ccc([NH2+]C2CCC(OCC(=S)N3CCN(c4ccc(Cl)cn4)CC3)CC2)cc1C(F)(F)F. The average Bonchev–Trinajstić information content (AvgIpc) is 2.88. The van der Waals surface area contributed by atoms with Crippen LogP contribution in [0.5, 0.6) is 0 Å². The molecule has 1 aliphatic heterocycles. The normalized spacial score (nSPS) is 20.6. The van der Waals surface area contributed by atoms with Gasteiger partial charge in [-0.3, -0.25) is 10.1 Å². The Bertz CT molecular complexity index is 1110. The molecule has 4 rings (SSSR count). The lowest BCUT2D eigenvalue weighted by Crippen LogP contribution is -2.85. The minimum absolute atomic E-state index is 0.0461. The summed E-state index contributed by atoms with van der Waals surface area (Å²) in [7, 11) is 0. The Kier molecular flexibility index (Phi) is 8.83. The molecule has 13 heteroatoms. The summed E-state index contributed by atoms with van der Waals surface area (Å²) >= 11 is 11.5. The Morgan fingerprint density at radius 3 is 2.46 bits per heavy atom. The van der Waals surface area contributed by atoms with Crippen LogP contribution in [0.25, 0.3) is 0 Å². The number of hydrogen-bond donors (Lipinski definition) is 1. The molecule has 2 N–H and O–H groups in total. The summed E-state index contributed by atoms with van der Waals surface area (Å²) in [6, 6.07) is 6.98. The third-order valence-electron chi connectivity index (χ3n) is 6.78. The van der Waals surface area contributed by atoms with Crippen LogP contribution in [0.4, 0.5) is 30.4 Å². The number of ether oxygens (including phenoxy) is 1. The van der Waals surface area contributed by atoms with E-state index in [4.69, 9.17) is 28.6 Å². The van der Waals surface area contributed by atoms with E-state index in [9.17, 15) is 23.3 Å². The van der Waals surface area contributed by atoms with Crippen LogP contribution in [0, 0.1) is 10.1 Å². The number of hydrogen-bond acceptors (Lipinski definition) is 6. The number of thiocarbonyl (C=S) groups is 1. The van der Waals surface area contributed by atoms with Crippen LogP contribution in [0.15, 0.2) is 36.5 Å². The summed E-state index contributed by atoms with van der Waals surface area (Å²) in [6.45, 7) is 3.53. The molecule has 8 nitrogen and oxygen atoms in total. The second kappa shape index (κ2) is 11.9. The lowest BCUT2D eigenvalue weighted by atomic mass is 9.92. The van der Waals surface area contributed by atoms with Crippen LogP contribution >= 0.6 is 23.8 Å². The number of benzene rings is 1. The molecule has 2 aliphatic rings. The van der Waals surface area contributed by atoms with Gasteiger partial charge in [0, 0.05) is 63.4 Å². The van der Waals surface area contributed by atoms with E-state index in [2.05, 4.69) is 14.8 Å². The van der Waals surface area contributed by atoms with Gasteiger partial charge in [-0.25, -0.2) is 4.98 Å². The lowest BCUT2D eigenvalue weighted by Gasteiger charge is -2.37. The second-order valence-electron chi connectivity index (χ2n) is 9.25. The fourth-order valence-electron chi connectivity index (χ4n) is 4.76. The van der Waals surface area contributed by atoms with E-state index in [1.807, 2.05) is 12.1 Å². The quantitative estimate of drug-likeness (QED) is 0.234. The maximum Gasteiger partial charge on any atom is 0.423 e. The predicted molar refractivity (Wildman–Crippen MR) is 137 cm³/mol. The van der Waals surface area contributed by atoms with Gasteiger partial charge >= 0.3 is 6.18 Å². The van der Waals surface area contributed by atoms with Gasteiger partial charge in [-0.05, 0) is 25.0 Å². The number of nitrogens with zero attached hydrogens (tertiary/aromatic N) is 4. The molecule has 2 fully saturated rings. The number of nitro groups is 1. The number of rotatable bonds is 7. The van der Waals surface area contributed by atoms with Crippen molar-refractivity contribution >= 4 is 46.0 Å². The number of aromatic nitrogens is 1. The second-order valence-corrected chi connectivity index (χ2v) is 10.2. The topological polar surface area (TPSA) is 88.3 Å². The van der Waals surface area contributed by atoms with Crippen molar-refractivity contribution in [2.75, 3.05) is 37.7 Å². The van der Waals surface area contributed by atoms with E-state index in [-0.39, 0.29) is 12.1 Å². The van der Waals surface area contributed by atoms with Gasteiger partial charge in [0.05, 0.1) is 28.7 Å². The van der Waals surface area contributed by atoms with Crippen LogP contribution < -0.4 is 10.2 Å². The van der Waals surface area contributed by atoms with E-state index in [0.29, 0.717) is 17.3 Å². The Morgan fingerprint density at radius 2 is 1.86 bits per heavy atom. The number of piperazine rings is 1. The van der Waals surface area contributed by atoms with Gasteiger partial charge in [-0.2, -0.15) is 13.2 Å². The van der Waals surface area contributed by atoms with E-state index in [1.54, 1.807) is 11.5 Å². The molecule has 0 spiro atoms. The molecule has 2 heterocycles. The van der Waals surface area contributed by atoms with Crippen LogP contribution in [0.3, 0.4) is 0 Å². The molecule has 1 aromatic carbocycles. The first-order valence-electron chi connectivity index (χ1n) is 12.1. The Morgan fingerprint density at radius 1 is 1.16 bits per heavy atom. The highest BCUT2D eigenvalue weighted by atomic mass is 35.5. The number of alkyl halides is 3. The van der Waals surface area contributed by atoms with Crippen LogP contribution in [-0.2, 0) is 10.9 Å². The zero-order valence-electron chi connectivity index (χ0n) is 20.0. The van der Waals surface area contributed by atoms with E-state index < -0.39 is 22.4 Å². The van der Waals surface area contributed by atoms with E-state index in [1.165, 1.54) is 6.07 Å². The van der Waals surface area contributed by atoms with Crippen LogP contribution in [0.1, 0.15) is 31.2 Å². The molecular formula is C24H28ClF3N5O3S+. The van der Waals surface area contributed by atoms with Crippen molar-refractivity contribution < 1.29 is 28.1 Å². The third kappa shape index (κ3) is 7.28. The average molecular weight is 559 g/mol. The third-order valence-corrected chi connectivity index (χ3v) is 7.38. The summed E-state index contributed by atoms with van der Waals surface area (Å²) in [4.78, 5) is 19.4. The molecule has 1 aromatic heterocycles. The van der Waals surface area contributed by atoms with Gasteiger partial charge in [0.15, 0.2) is 0 Å². The Labute approximate surface area is 222 Å². The van der Waals surface area contributed by atoms with Crippen molar-refractivity contribution in [3.05, 3.63) is 57.2 Å². The fourth-order valence-corrected chi connectivity index (χ4v) is 5.12. The monoisotopic (exact) mass is 558 g/mol.